The second kappa shape index (κ2) is 24.1. The lowest BCUT2D eigenvalue weighted by atomic mass is 9.81. The first kappa shape index (κ1) is 53.7. The number of aromatic nitrogens is 2. The minimum Gasteiger partial charge on any atom is -0.380 e. The van der Waals surface area contributed by atoms with Gasteiger partial charge in [0.15, 0.2) is 6.29 Å². The number of nitrogens with one attached hydrogen (secondary N) is 7. The number of fused-ring (bicyclic) bond motifs is 5. The van der Waals surface area contributed by atoms with Gasteiger partial charge in [-0.25, -0.2) is 9.37 Å². The van der Waals surface area contributed by atoms with Gasteiger partial charge >= 0.3 is 0 Å². The molecule has 2 aromatic carbocycles. The van der Waals surface area contributed by atoms with E-state index < -0.39 is 91.3 Å². The maximum Gasteiger partial charge on any atom is 0.257 e. The number of ether oxygens (including phenoxy) is 2. The summed E-state index contributed by atoms with van der Waals surface area (Å²) >= 11 is 0. The SMILES string of the molecule is CC[C@]1(O)c2cc3n(c(=O)c2COC1O)Cc1c-3nc2cc(F)c(C)c3c2c1[C@@H](NC(=O)COCNC(=O)CNC(=O)[C@H](CCc1ccccc1)NC(=O)CNC(=O)CNC(=O)CCCCCNC(C)=O)CC3. The third-order valence-corrected chi connectivity index (χ3v) is 13.5. The number of carbonyl (C=O) groups is 7. The lowest BCUT2D eigenvalue weighted by Gasteiger charge is -2.37. The number of aliphatic hydroxyl groups is 2. The van der Waals surface area contributed by atoms with Gasteiger partial charge in [0.25, 0.3) is 5.56 Å². The molecule has 22 heteroatoms. The van der Waals surface area contributed by atoms with E-state index in [0.29, 0.717) is 84.1 Å². The number of hydrogen-bond donors (Lipinski definition) is 9. The summed E-state index contributed by atoms with van der Waals surface area (Å²) in [6.45, 7) is 2.95. The summed E-state index contributed by atoms with van der Waals surface area (Å²) < 4.78 is 27.8. The molecule has 0 saturated carbocycles. The minimum absolute atomic E-state index is 0.0539. The summed E-state index contributed by atoms with van der Waals surface area (Å²) in [5.41, 5.74) is 2.65. The Bertz CT molecular complexity index is 2840. The van der Waals surface area contributed by atoms with Crippen molar-refractivity contribution in [3.05, 3.63) is 97.6 Å². The van der Waals surface area contributed by atoms with Crippen LogP contribution in [0.2, 0.25) is 0 Å². The topological polar surface area (TPSA) is 298 Å². The fourth-order valence-corrected chi connectivity index (χ4v) is 9.51. The first-order valence-electron chi connectivity index (χ1n) is 24.5. The van der Waals surface area contributed by atoms with Crippen LogP contribution < -0.4 is 42.8 Å². The number of halogens is 1. The fraction of sp³-hybridized carbons (Fsp3) is 0.471. The highest BCUT2D eigenvalue weighted by Gasteiger charge is 2.45. The van der Waals surface area contributed by atoms with Gasteiger partial charge < -0.3 is 61.5 Å². The predicted molar refractivity (Wildman–Crippen MR) is 261 cm³/mol. The molecule has 1 aliphatic carbocycles. The van der Waals surface area contributed by atoms with Crippen LogP contribution in [-0.4, -0.2) is 113 Å². The van der Waals surface area contributed by atoms with E-state index in [1.807, 2.05) is 30.3 Å². The van der Waals surface area contributed by atoms with Crippen LogP contribution in [0.25, 0.3) is 22.3 Å². The predicted octanol–water partition coefficient (Wildman–Crippen LogP) is 0.675. The normalized spacial score (nSPS) is 17.6. The number of nitrogens with zero attached hydrogens (tertiary/aromatic N) is 2. The molecule has 2 aliphatic heterocycles. The second-order valence-electron chi connectivity index (χ2n) is 18.4. The molecule has 0 spiro atoms. The highest BCUT2D eigenvalue weighted by molar-refractivity contribution is 5.94. The Morgan fingerprint density at radius 3 is 2.38 bits per heavy atom. The van der Waals surface area contributed by atoms with E-state index in [-0.39, 0.29) is 61.9 Å². The summed E-state index contributed by atoms with van der Waals surface area (Å²) in [5.74, 6) is -4.05. The van der Waals surface area contributed by atoms with Crippen LogP contribution in [0.1, 0.15) is 104 Å². The van der Waals surface area contributed by atoms with Crippen LogP contribution in [0.5, 0.6) is 0 Å². The zero-order chi connectivity index (χ0) is 52.4. The van der Waals surface area contributed by atoms with E-state index in [9.17, 15) is 48.6 Å². The van der Waals surface area contributed by atoms with Crippen molar-refractivity contribution in [2.75, 3.05) is 39.5 Å². The van der Waals surface area contributed by atoms with Crippen molar-refractivity contribution < 1.29 is 57.6 Å². The highest BCUT2D eigenvalue weighted by atomic mass is 19.1. The summed E-state index contributed by atoms with van der Waals surface area (Å²) in [5, 5.41) is 40.9. The van der Waals surface area contributed by atoms with Gasteiger partial charge in [-0.2, -0.15) is 0 Å². The number of unbranched alkanes of at least 4 members (excludes halogenated alkanes) is 2. The number of aryl methyl sites for hydroxylation is 2. The summed E-state index contributed by atoms with van der Waals surface area (Å²) in [6, 6.07) is 10.5. The van der Waals surface area contributed by atoms with Gasteiger partial charge in [0.2, 0.25) is 41.4 Å². The average molecular weight is 1010 g/mol. The van der Waals surface area contributed by atoms with Crippen LogP contribution in [0.3, 0.4) is 0 Å². The van der Waals surface area contributed by atoms with Crippen molar-refractivity contribution in [2.45, 2.75) is 116 Å². The molecular formula is C51H62FN9O12. The Labute approximate surface area is 419 Å². The smallest absolute Gasteiger partial charge is 0.257 e. The van der Waals surface area contributed by atoms with E-state index in [1.54, 1.807) is 19.9 Å². The van der Waals surface area contributed by atoms with E-state index in [1.165, 1.54) is 17.6 Å². The van der Waals surface area contributed by atoms with Gasteiger partial charge in [-0.05, 0) is 80.2 Å². The Morgan fingerprint density at radius 2 is 1.63 bits per heavy atom. The molecule has 73 heavy (non-hydrogen) atoms. The second-order valence-corrected chi connectivity index (χ2v) is 18.4. The van der Waals surface area contributed by atoms with Gasteiger partial charge in [-0.1, -0.05) is 43.7 Å². The number of pyridine rings is 2. The van der Waals surface area contributed by atoms with E-state index in [4.69, 9.17) is 14.5 Å². The number of rotatable bonds is 23. The maximum absolute atomic E-state index is 15.4. The minimum atomic E-state index is -1.85. The molecule has 0 radical (unpaired) electrons. The molecule has 3 aliphatic rings. The average Bonchev–Trinajstić information content (AvgIpc) is 3.74. The molecule has 9 N–H and O–H groups in total. The maximum atomic E-state index is 15.4. The number of benzene rings is 2. The molecule has 0 fully saturated rings. The Hall–Kier alpha value is -7.14. The van der Waals surface area contributed by atoms with E-state index in [2.05, 4.69) is 37.2 Å². The number of amides is 7. The third-order valence-electron chi connectivity index (χ3n) is 13.5. The van der Waals surface area contributed by atoms with Gasteiger partial charge in [-0.15, -0.1) is 0 Å². The number of hydrogen-bond acceptors (Lipinski definition) is 13. The molecule has 2 aromatic heterocycles. The Kier molecular flexibility index (Phi) is 17.7. The lowest BCUT2D eigenvalue weighted by Crippen LogP contribution is -2.51. The molecule has 4 atom stereocenters. The Morgan fingerprint density at radius 1 is 0.904 bits per heavy atom. The molecule has 0 bridgehead atoms. The van der Waals surface area contributed by atoms with Crippen LogP contribution in [0, 0.1) is 12.7 Å². The van der Waals surface area contributed by atoms with Crippen LogP contribution >= 0.6 is 0 Å². The van der Waals surface area contributed by atoms with Gasteiger partial charge in [0, 0.05) is 48.0 Å². The molecular weight excluding hydrogens is 950 g/mol. The zero-order valence-corrected chi connectivity index (χ0v) is 41.0. The molecule has 7 rings (SSSR count). The number of aliphatic hydroxyl groups excluding tert-OH is 1. The first-order valence-corrected chi connectivity index (χ1v) is 24.5. The largest absolute Gasteiger partial charge is 0.380 e. The molecule has 4 heterocycles. The van der Waals surface area contributed by atoms with Gasteiger partial charge in [-0.3, -0.25) is 38.4 Å². The molecule has 390 valence electrons. The Balaban J connectivity index is 0.904. The van der Waals surface area contributed by atoms with Crippen molar-refractivity contribution in [3.8, 4) is 11.4 Å². The van der Waals surface area contributed by atoms with Crippen LogP contribution in [0.4, 0.5) is 4.39 Å². The van der Waals surface area contributed by atoms with Crippen molar-refractivity contribution in [3.63, 3.8) is 0 Å². The molecule has 7 amide bonds. The van der Waals surface area contributed by atoms with Crippen molar-refractivity contribution in [1.82, 2.24) is 46.8 Å². The van der Waals surface area contributed by atoms with Gasteiger partial charge in [0.1, 0.15) is 30.8 Å². The molecule has 4 aromatic rings. The van der Waals surface area contributed by atoms with Gasteiger partial charge in [0.05, 0.1) is 55.7 Å². The molecule has 0 saturated heterocycles. The van der Waals surface area contributed by atoms with Crippen molar-refractivity contribution >= 4 is 52.3 Å². The molecule has 1 unspecified atom stereocenters. The van der Waals surface area contributed by atoms with Crippen molar-refractivity contribution in [2.24, 2.45) is 0 Å². The lowest BCUT2D eigenvalue weighted by molar-refractivity contribution is -0.236. The van der Waals surface area contributed by atoms with Crippen LogP contribution in [0.15, 0.2) is 47.3 Å². The third kappa shape index (κ3) is 12.7. The van der Waals surface area contributed by atoms with E-state index in [0.717, 1.165) is 11.1 Å². The summed E-state index contributed by atoms with van der Waals surface area (Å²) in [7, 11) is 0. The molecule has 21 nitrogen and oxygen atoms in total. The summed E-state index contributed by atoms with van der Waals surface area (Å²) in [4.78, 5) is 107. The quantitative estimate of drug-likeness (QED) is 0.0322. The fourth-order valence-electron chi connectivity index (χ4n) is 9.51. The zero-order valence-electron chi connectivity index (χ0n) is 41.0. The standard InChI is InChI=1S/C51H62FN9O12/c1-4-51(71)34-19-39-47-32(24-61(39)49(69)33(34)25-73-50(51)70)46-36(17-15-31-28(2)35(52)20-38(60-47)45(31)46)58-44(67)26-72-27-57-42(65)22-56-48(68)37(16-14-30-11-7-5-8-12-30)59-43(66)23-55-41(64)21-54-40(63)13-9-6-10-18-53-29(3)62/h5,7-8,11-12,19-20,36-37,50,70-71H,4,6,9-10,13-18,21-27H2,1-3H3,(H,53,62)(H,54,63)(H,55,64)(H,56,68)(H,57,65)(H,58,67)(H,59,66)/t36-,37-,50?,51-/m0/s1. The summed E-state index contributed by atoms with van der Waals surface area (Å²) in [6.07, 6.45) is 2.04. The van der Waals surface area contributed by atoms with E-state index >= 15 is 4.39 Å². The van der Waals surface area contributed by atoms with Crippen molar-refractivity contribution in [1.29, 1.82) is 0 Å². The van der Waals surface area contributed by atoms with Crippen LogP contribution in [-0.2, 0) is 74.6 Å². The highest BCUT2D eigenvalue weighted by Crippen LogP contribution is 2.46. The monoisotopic (exact) mass is 1010 g/mol. The first-order chi connectivity index (χ1) is 35.0. The number of carbonyl (C=O) groups excluding carboxylic acids is 7.